The third-order valence-electron chi connectivity index (χ3n) is 3.39. The smallest absolute Gasteiger partial charge is 0.275 e. The molecule has 0 fully saturated rings. The summed E-state index contributed by atoms with van der Waals surface area (Å²) in [6.45, 7) is 1.86. The first-order chi connectivity index (χ1) is 10.6. The first-order valence-corrected chi connectivity index (χ1v) is 6.95. The van der Waals surface area contributed by atoms with Gasteiger partial charge in [-0.15, -0.1) is 0 Å². The highest BCUT2D eigenvalue weighted by Crippen LogP contribution is 2.09. The molecule has 1 amide bonds. The maximum atomic E-state index is 12.3. The van der Waals surface area contributed by atoms with Crippen molar-refractivity contribution in [3.63, 3.8) is 0 Å². The lowest BCUT2D eigenvalue weighted by Crippen LogP contribution is -2.29. The number of benzene rings is 2. The molecule has 3 rings (SSSR count). The highest BCUT2D eigenvalue weighted by molar-refractivity contribution is 5.90. The molecule has 0 unspecified atom stereocenters. The predicted molar refractivity (Wildman–Crippen MR) is 85.8 cm³/mol. The van der Waals surface area contributed by atoms with Gasteiger partial charge in [0.25, 0.3) is 5.56 Å². The summed E-state index contributed by atoms with van der Waals surface area (Å²) in [5.74, 6) is -0.284. The molecule has 0 saturated carbocycles. The first kappa shape index (κ1) is 14.0. The van der Waals surface area contributed by atoms with E-state index in [0.717, 1.165) is 10.9 Å². The molecule has 5 heteroatoms. The van der Waals surface area contributed by atoms with Crippen LogP contribution in [-0.4, -0.2) is 15.7 Å². The van der Waals surface area contributed by atoms with E-state index in [1.165, 1.54) is 4.68 Å². The number of carbonyl (C=O) groups excluding carboxylic acids is 1. The number of aryl methyl sites for hydroxylation is 1. The lowest BCUT2D eigenvalue weighted by Gasteiger charge is -2.07. The van der Waals surface area contributed by atoms with Crippen molar-refractivity contribution in [2.45, 2.75) is 13.5 Å². The maximum absolute atomic E-state index is 12.3. The maximum Gasteiger partial charge on any atom is 0.275 e. The van der Waals surface area contributed by atoms with Crippen molar-refractivity contribution in [1.29, 1.82) is 0 Å². The minimum atomic E-state index is -0.284. The number of amides is 1. The molecule has 0 atom stereocenters. The highest BCUT2D eigenvalue weighted by Gasteiger charge is 2.08. The zero-order chi connectivity index (χ0) is 15.5. The van der Waals surface area contributed by atoms with E-state index in [2.05, 4.69) is 10.4 Å². The Balaban J connectivity index is 1.81. The molecule has 0 aliphatic heterocycles. The average molecular weight is 293 g/mol. The van der Waals surface area contributed by atoms with Gasteiger partial charge in [0, 0.05) is 11.1 Å². The summed E-state index contributed by atoms with van der Waals surface area (Å²) in [7, 11) is 0. The second kappa shape index (κ2) is 5.81. The van der Waals surface area contributed by atoms with E-state index in [0.29, 0.717) is 11.1 Å². The molecule has 1 N–H and O–H groups in total. The van der Waals surface area contributed by atoms with Crippen molar-refractivity contribution in [2.75, 3.05) is 5.32 Å². The van der Waals surface area contributed by atoms with Crippen molar-refractivity contribution in [2.24, 2.45) is 0 Å². The van der Waals surface area contributed by atoms with Gasteiger partial charge in [0.05, 0.1) is 11.6 Å². The Labute approximate surface area is 127 Å². The van der Waals surface area contributed by atoms with Gasteiger partial charge in [-0.05, 0) is 25.1 Å². The zero-order valence-corrected chi connectivity index (χ0v) is 12.1. The van der Waals surface area contributed by atoms with Gasteiger partial charge < -0.3 is 5.32 Å². The highest BCUT2D eigenvalue weighted by atomic mass is 16.2. The van der Waals surface area contributed by atoms with E-state index in [1.807, 2.05) is 43.3 Å². The van der Waals surface area contributed by atoms with Crippen LogP contribution in [0.3, 0.4) is 0 Å². The molecule has 0 saturated heterocycles. The summed E-state index contributed by atoms with van der Waals surface area (Å²) in [5, 5.41) is 8.12. The van der Waals surface area contributed by atoms with E-state index in [1.54, 1.807) is 18.3 Å². The number of nitrogens with one attached hydrogen (secondary N) is 1. The number of hydrogen-bond donors (Lipinski definition) is 1. The van der Waals surface area contributed by atoms with Crippen molar-refractivity contribution < 1.29 is 4.79 Å². The van der Waals surface area contributed by atoms with E-state index in [9.17, 15) is 9.59 Å². The Morgan fingerprint density at radius 3 is 2.64 bits per heavy atom. The van der Waals surface area contributed by atoms with Crippen molar-refractivity contribution in [3.05, 3.63) is 70.6 Å². The van der Waals surface area contributed by atoms with E-state index in [-0.39, 0.29) is 18.0 Å². The molecule has 3 aromatic rings. The fourth-order valence-electron chi connectivity index (χ4n) is 2.21. The molecule has 1 heterocycles. The summed E-state index contributed by atoms with van der Waals surface area (Å²) >= 11 is 0. The normalized spacial score (nSPS) is 10.6. The summed E-state index contributed by atoms with van der Waals surface area (Å²) in [6, 6.07) is 14.7. The van der Waals surface area contributed by atoms with E-state index >= 15 is 0 Å². The van der Waals surface area contributed by atoms with Crippen LogP contribution in [-0.2, 0) is 11.3 Å². The summed E-state index contributed by atoms with van der Waals surface area (Å²) in [4.78, 5) is 24.3. The summed E-state index contributed by atoms with van der Waals surface area (Å²) in [6.07, 6.45) is 1.59. The van der Waals surface area contributed by atoms with Crippen molar-refractivity contribution >= 4 is 22.4 Å². The number of nitrogens with zero attached hydrogens (tertiary/aromatic N) is 2. The van der Waals surface area contributed by atoms with Crippen LogP contribution in [0.2, 0.25) is 0 Å². The standard InChI is InChI=1S/C17H15N3O2/c1-12-6-8-14(9-7-12)19-16(21)11-20-17(22)15-5-3-2-4-13(15)10-18-20/h2-10H,11H2,1H3,(H,19,21). The molecule has 0 aliphatic rings. The van der Waals surface area contributed by atoms with Gasteiger partial charge in [-0.3, -0.25) is 9.59 Å². The molecule has 110 valence electrons. The molecule has 22 heavy (non-hydrogen) atoms. The van der Waals surface area contributed by atoms with Crippen LogP contribution in [0, 0.1) is 6.92 Å². The van der Waals surface area contributed by atoms with Gasteiger partial charge in [0.1, 0.15) is 6.54 Å². The Kier molecular flexibility index (Phi) is 3.70. The monoisotopic (exact) mass is 293 g/mol. The minimum Gasteiger partial charge on any atom is -0.324 e. The fourth-order valence-corrected chi connectivity index (χ4v) is 2.21. The number of rotatable bonds is 3. The van der Waals surface area contributed by atoms with Gasteiger partial charge in [0.15, 0.2) is 0 Å². The van der Waals surface area contributed by atoms with Gasteiger partial charge in [-0.1, -0.05) is 35.9 Å². The second-order valence-electron chi connectivity index (χ2n) is 5.11. The van der Waals surface area contributed by atoms with E-state index < -0.39 is 0 Å². The SMILES string of the molecule is Cc1ccc(NC(=O)Cn2ncc3ccccc3c2=O)cc1. The predicted octanol–water partition coefficient (Wildman–Crippen LogP) is 2.34. The lowest BCUT2D eigenvalue weighted by atomic mass is 10.2. The van der Waals surface area contributed by atoms with Gasteiger partial charge in [0.2, 0.25) is 5.91 Å². The Morgan fingerprint density at radius 1 is 1.14 bits per heavy atom. The minimum absolute atomic E-state index is 0.114. The van der Waals surface area contributed by atoms with E-state index in [4.69, 9.17) is 0 Å². The third-order valence-corrected chi connectivity index (χ3v) is 3.39. The molecular formula is C17H15N3O2. The molecule has 2 aromatic carbocycles. The molecule has 1 aromatic heterocycles. The number of fused-ring (bicyclic) bond motifs is 1. The molecule has 0 spiro atoms. The van der Waals surface area contributed by atoms with Gasteiger partial charge in [-0.2, -0.15) is 5.10 Å². The Morgan fingerprint density at radius 2 is 1.86 bits per heavy atom. The molecule has 5 nitrogen and oxygen atoms in total. The van der Waals surface area contributed by atoms with Crippen LogP contribution in [0.4, 0.5) is 5.69 Å². The first-order valence-electron chi connectivity index (χ1n) is 6.95. The fraction of sp³-hybridized carbons (Fsp3) is 0.118. The molecule has 0 bridgehead atoms. The van der Waals surface area contributed by atoms with Crippen LogP contribution in [0.5, 0.6) is 0 Å². The number of carbonyl (C=O) groups is 1. The molecule has 0 aliphatic carbocycles. The third kappa shape index (κ3) is 2.88. The molecular weight excluding hydrogens is 278 g/mol. The number of aromatic nitrogens is 2. The lowest BCUT2D eigenvalue weighted by molar-refractivity contribution is -0.117. The van der Waals surface area contributed by atoms with Crippen LogP contribution in [0.25, 0.3) is 10.8 Å². The quantitative estimate of drug-likeness (QED) is 0.806. The average Bonchev–Trinajstić information content (AvgIpc) is 2.53. The van der Waals surface area contributed by atoms with Crippen LogP contribution in [0.15, 0.2) is 59.5 Å². The number of hydrogen-bond acceptors (Lipinski definition) is 3. The summed E-state index contributed by atoms with van der Waals surface area (Å²) in [5.41, 5.74) is 1.55. The topological polar surface area (TPSA) is 64.0 Å². The largest absolute Gasteiger partial charge is 0.324 e. The summed E-state index contributed by atoms with van der Waals surface area (Å²) < 4.78 is 1.17. The second-order valence-corrected chi connectivity index (χ2v) is 5.11. The van der Waals surface area contributed by atoms with Crippen LogP contribution in [0.1, 0.15) is 5.56 Å². The van der Waals surface area contributed by atoms with Gasteiger partial charge in [-0.25, -0.2) is 4.68 Å². The number of anilines is 1. The van der Waals surface area contributed by atoms with Crippen LogP contribution < -0.4 is 10.9 Å². The van der Waals surface area contributed by atoms with Crippen molar-refractivity contribution in [3.8, 4) is 0 Å². The zero-order valence-electron chi connectivity index (χ0n) is 12.1. The van der Waals surface area contributed by atoms with Crippen LogP contribution >= 0.6 is 0 Å². The molecule has 0 radical (unpaired) electrons. The van der Waals surface area contributed by atoms with Gasteiger partial charge >= 0.3 is 0 Å². The Bertz CT molecular complexity index is 882. The van der Waals surface area contributed by atoms with Crippen molar-refractivity contribution in [1.82, 2.24) is 9.78 Å². The Hall–Kier alpha value is -2.95.